The number of quaternary nitrogens is 1. The Balaban J connectivity index is 2.10. The Hall–Kier alpha value is -0.910. The molecule has 0 spiro atoms. The molecule has 98 valence electrons. The lowest BCUT2D eigenvalue weighted by molar-refractivity contribution is -0.902. The molecule has 18 heavy (non-hydrogen) atoms. The summed E-state index contributed by atoms with van der Waals surface area (Å²) in [4.78, 5) is 15.6. The third-order valence-electron chi connectivity index (χ3n) is 3.21. The normalized spacial score (nSPS) is 16.9. The zero-order valence-corrected chi connectivity index (χ0v) is 11.6. The second kappa shape index (κ2) is 5.82. The summed E-state index contributed by atoms with van der Waals surface area (Å²) in [6.07, 6.45) is 0. The van der Waals surface area contributed by atoms with Crippen molar-refractivity contribution >= 4 is 29.1 Å². The van der Waals surface area contributed by atoms with E-state index in [1.54, 1.807) is 4.90 Å². The molecule has 0 unspecified atom stereocenters. The summed E-state index contributed by atoms with van der Waals surface area (Å²) in [5.41, 5.74) is 0.330. The molecule has 2 rings (SSSR count). The molecule has 1 saturated heterocycles. The van der Waals surface area contributed by atoms with Crippen LogP contribution >= 0.6 is 23.2 Å². The molecule has 1 aliphatic rings. The number of hydrogen-bond acceptors (Lipinski definition) is 3. The highest BCUT2D eigenvalue weighted by Crippen LogP contribution is 2.17. The van der Waals surface area contributed by atoms with Gasteiger partial charge in [0.15, 0.2) is 10.3 Å². The van der Waals surface area contributed by atoms with Crippen LogP contribution in [0.4, 0.5) is 0 Å². The minimum absolute atomic E-state index is 0.106. The highest BCUT2D eigenvalue weighted by atomic mass is 35.5. The molecule has 7 heteroatoms. The Bertz CT molecular complexity index is 447. The highest BCUT2D eigenvalue weighted by molar-refractivity contribution is 6.34. The fourth-order valence-electron chi connectivity index (χ4n) is 2.05. The van der Waals surface area contributed by atoms with Gasteiger partial charge in [0, 0.05) is 0 Å². The molecule has 1 aromatic heterocycles. The van der Waals surface area contributed by atoms with Gasteiger partial charge in [-0.25, -0.2) is 0 Å². The van der Waals surface area contributed by atoms with Gasteiger partial charge in [-0.15, -0.1) is 10.2 Å². The van der Waals surface area contributed by atoms with Crippen LogP contribution in [0.2, 0.25) is 10.3 Å². The first kappa shape index (κ1) is 13.5. The number of nitrogens with one attached hydrogen (secondary N) is 1. The number of carbonyl (C=O) groups is 1. The summed E-state index contributed by atoms with van der Waals surface area (Å²) in [6, 6.07) is 1.47. The van der Waals surface area contributed by atoms with E-state index in [1.165, 1.54) is 11.0 Å². The summed E-state index contributed by atoms with van der Waals surface area (Å²) in [7, 11) is 0. The fourth-order valence-corrected chi connectivity index (χ4v) is 2.37. The molecule has 1 fully saturated rings. The molecule has 1 aliphatic heterocycles. The third-order valence-corrected chi connectivity index (χ3v) is 3.67. The van der Waals surface area contributed by atoms with E-state index >= 15 is 0 Å². The van der Waals surface area contributed by atoms with E-state index in [2.05, 4.69) is 17.1 Å². The van der Waals surface area contributed by atoms with Crippen molar-refractivity contribution in [2.45, 2.75) is 6.92 Å². The van der Waals surface area contributed by atoms with Gasteiger partial charge in [-0.3, -0.25) is 4.79 Å². The Kier molecular flexibility index (Phi) is 4.37. The van der Waals surface area contributed by atoms with E-state index in [0.717, 1.165) is 32.7 Å². The average molecular weight is 290 g/mol. The predicted octanol–water partition coefficient (Wildman–Crippen LogP) is 0.144. The lowest BCUT2D eigenvalue weighted by Gasteiger charge is -2.31. The third kappa shape index (κ3) is 2.91. The van der Waals surface area contributed by atoms with E-state index in [-0.39, 0.29) is 16.2 Å². The van der Waals surface area contributed by atoms with Crippen molar-refractivity contribution in [3.8, 4) is 0 Å². The molecule has 1 aromatic rings. The quantitative estimate of drug-likeness (QED) is 0.843. The largest absolute Gasteiger partial charge is 0.332 e. The zero-order chi connectivity index (χ0) is 13.1. The number of hydrogen-bond donors (Lipinski definition) is 1. The van der Waals surface area contributed by atoms with Gasteiger partial charge in [0.1, 0.15) is 0 Å². The standard InChI is InChI=1S/C11H14Cl2N4O/c1-2-16-3-5-17(6-4-16)11(18)8-7-9(12)14-15-10(8)13/h7H,2-6H2,1H3/p+1. The minimum Gasteiger partial charge on any atom is -0.332 e. The number of piperazine rings is 1. The van der Waals surface area contributed by atoms with E-state index in [9.17, 15) is 4.79 Å². The SMILES string of the molecule is CC[NH+]1CCN(C(=O)c2cc(Cl)nnc2Cl)CC1. The van der Waals surface area contributed by atoms with Gasteiger partial charge in [0.25, 0.3) is 5.91 Å². The Morgan fingerprint density at radius 3 is 2.67 bits per heavy atom. The molecule has 0 radical (unpaired) electrons. The topological polar surface area (TPSA) is 50.5 Å². The molecule has 2 heterocycles. The summed E-state index contributed by atoms with van der Waals surface area (Å²) < 4.78 is 0. The van der Waals surface area contributed by atoms with Crippen LogP contribution in [-0.2, 0) is 0 Å². The average Bonchev–Trinajstić information content (AvgIpc) is 2.41. The molecule has 0 bridgehead atoms. The summed E-state index contributed by atoms with van der Waals surface area (Å²) >= 11 is 11.6. The Morgan fingerprint density at radius 2 is 2.06 bits per heavy atom. The van der Waals surface area contributed by atoms with Crippen LogP contribution in [0.3, 0.4) is 0 Å². The van der Waals surface area contributed by atoms with E-state index in [4.69, 9.17) is 23.2 Å². The van der Waals surface area contributed by atoms with Crippen molar-refractivity contribution in [2.24, 2.45) is 0 Å². The van der Waals surface area contributed by atoms with Crippen LogP contribution in [0.1, 0.15) is 17.3 Å². The molecule has 0 aliphatic carbocycles. The van der Waals surface area contributed by atoms with Gasteiger partial charge in [-0.1, -0.05) is 23.2 Å². The monoisotopic (exact) mass is 289 g/mol. The first-order chi connectivity index (χ1) is 8.61. The maximum absolute atomic E-state index is 12.3. The fraction of sp³-hybridized carbons (Fsp3) is 0.545. The number of likely N-dealkylation sites (N-methyl/N-ethyl adjacent to an activating group) is 1. The second-order valence-electron chi connectivity index (χ2n) is 4.27. The van der Waals surface area contributed by atoms with Crippen molar-refractivity contribution in [3.05, 3.63) is 21.9 Å². The van der Waals surface area contributed by atoms with Crippen LogP contribution in [0.25, 0.3) is 0 Å². The van der Waals surface area contributed by atoms with E-state index in [0.29, 0.717) is 5.56 Å². The lowest BCUT2D eigenvalue weighted by atomic mass is 10.2. The number of nitrogens with zero attached hydrogens (tertiary/aromatic N) is 3. The van der Waals surface area contributed by atoms with Crippen molar-refractivity contribution < 1.29 is 9.69 Å². The van der Waals surface area contributed by atoms with Crippen LogP contribution in [-0.4, -0.2) is 53.7 Å². The molecule has 5 nitrogen and oxygen atoms in total. The van der Waals surface area contributed by atoms with Gasteiger partial charge in [-0.2, -0.15) is 0 Å². The zero-order valence-electron chi connectivity index (χ0n) is 10.1. The van der Waals surface area contributed by atoms with Gasteiger partial charge >= 0.3 is 0 Å². The van der Waals surface area contributed by atoms with Crippen LogP contribution in [0, 0.1) is 0 Å². The Morgan fingerprint density at radius 1 is 1.39 bits per heavy atom. The van der Waals surface area contributed by atoms with Crippen molar-refractivity contribution in [1.29, 1.82) is 0 Å². The van der Waals surface area contributed by atoms with Gasteiger partial charge in [-0.05, 0) is 13.0 Å². The molecule has 0 saturated carbocycles. The molecule has 1 N–H and O–H groups in total. The number of carbonyl (C=O) groups excluding carboxylic acids is 1. The lowest BCUT2D eigenvalue weighted by Crippen LogP contribution is -3.14. The summed E-state index contributed by atoms with van der Waals surface area (Å²) in [5.74, 6) is -0.119. The second-order valence-corrected chi connectivity index (χ2v) is 5.01. The summed E-state index contributed by atoms with van der Waals surface area (Å²) in [5, 5.41) is 7.54. The smallest absolute Gasteiger partial charge is 0.257 e. The van der Waals surface area contributed by atoms with Crippen LogP contribution in [0.15, 0.2) is 6.07 Å². The van der Waals surface area contributed by atoms with Crippen molar-refractivity contribution in [2.75, 3.05) is 32.7 Å². The van der Waals surface area contributed by atoms with Crippen molar-refractivity contribution in [1.82, 2.24) is 15.1 Å². The van der Waals surface area contributed by atoms with Gasteiger partial charge < -0.3 is 9.80 Å². The first-order valence-corrected chi connectivity index (χ1v) is 6.69. The van der Waals surface area contributed by atoms with Gasteiger partial charge in [0.2, 0.25) is 0 Å². The van der Waals surface area contributed by atoms with Crippen molar-refractivity contribution in [3.63, 3.8) is 0 Å². The van der Waals surface area contributed by atoms with Crippen LogP contribution in [0.5, 0.6) is 0 Å². The van der Waals surface area contributed by atoms with Crippen LogP contribution < -0.4 is 4.90 Å². The number of amides is 1. The summed E-state index contributed by atoms with van der Waals surface area (Å²) in [6.45, 7) is 6.64. The Labute approximate surface area is 116 Å². The van der Waals surface area contributed by atoms with Gasteiger partial charge in [0.05, 0.1) is 38.3 Å². The molecule has 0 atom stereocenters. The molecule has 1 amide bonds. The minimum atomic E-state index is -0.119. The number of rotatable bonds is 2. The molecular weight excluding hydrogens is 275 g/mol. The maximum Gasteiger partial charge on any atom is 0.257 e. The number of aromatic nitrogens is 2. The predicted molar refractivity (Wildman–Crippen MR) is 69.2 cm³/mol. The number of halogens is 2. The molecule has 0 aromatic carbocycles. The maximum atomic E-state index is 12.3. The van der Waals surface area contributed by atoms with E-state index in [1.807, 2.05) is 0 Å². The van der Waals surface area contributed by atoms with E-state index < -0.39 is 0 Å². The molecular formula is C11H15Cl2N4O+. The first-order valence-electron chi connectivity index (χ1n) is 5.93. The highest BCUT2D eigenvalue weighted by Gasteiger charge is 2.25.